The summed E-state index contributed by atoms with van der Waals surface area (Å²) in [6.07, 6.45) is 1.58. The van der Waals surface area contributed by atoms with Crippen molar-refractivity contribution in [1.82, 2.24) is 4.98 Å². The maximum atomic E-state index is 11.1. The first-order valence-corrected chi connectivity index (χ1v) is 5.82. The van der Waals surface area contributed by atoms with Crippen LogP contribution in [0.15, 0.2) is 38.8 Å². The van der Waals surface area contributed by atoms with E-state index < -0.39 is 5.97 Å². The normalized spacial score (nSPS) is 10.5. The van der Waals surface area contributed by atoms with Crippen LogP contribution < -0.4 is 0 Å². The molecule has 2 aromatic heterocycles. The minimum atomic E-state index is -0.971. The van der Waals surface area contributed by atoms with Gasteiger partial charge in [0, 0.05) is 5.69 Å². The fourth-order valence-electron chi connectivity index (χ4n) is 1.36. The Kier molecular flexibility index (Phi) is 3.19. The van der Waals surface area contributed by atoms with Gasteiger partial charge in [0.1, 0.15) is 10.8 Å². The predicted molar refractivity (Wildman–Crippen MR) is 63.5 cm³/mol. The van der Waals surface area contributed by atoms with Crippen LogP contribution >= 0.6 is 11.8 Å². The SMILES string of the molecule is Cc1ccc(C(=O)O)c(Sc2ccoc2C)n1. The van der Waals surface area contributed by atoms with E-state index in [-0.39, 0.29) is 5.56 Å². The number of carbonyl (C=O) groups is 1. The molecule has 0 spiro atoms. The maximum absolute atomic E-state index is 11.1. The Morgan fingerprint density at radius 1 is 1.35 bits per heavy atom. The summed E-state index contributed by atoms with van der Waals surface area (Å²) < 4.78 is 5.17. The fourth-order valence-corrected chi connectivity index (χ4v) is 2.34. The van der Waals surface area contributed by atoms with Crippen molar-refractivity contribution in [3.8, 4) is 0 Å². The Bertz CT molecular complexity index is 563. The molecule has 1 N–H and O–H groups in total. The molecule has 0 unspecified atom stereocenters. The van der Waals surface area contributed by atoms with Gasteiger partial charge >= 0.3 is 5.97 Å². The van der Waals surface area contributed by atoms with Gasteiger partial charge in [-0.25, -0.2) is 9.78 Å². The molecule has 0 amide bonds. The first-order chi connectivity index (χ1) is 8.08. The molecule has 0 bridgehead atoms. The number of carboxylic acid groups (broad SMARTS) is 1. The monoisotopic (exact) mass is 249 g/mol. The maximum Gasteiger partial charge on any atom is 0.338 e. The van der Waals surface area contributed by atoms with Crippen LogP contribution in [-0.2, 0) is 0 Å². The minimum Gasteiger partial charge on any atom is -0.478 e. The van der Waals surface area contributed by atoms with Crippen LogP contribution in [-0.4, -0.2) is 16.1 Å². The van der Waals surface area contributed by atoms with Crippen LogP contribution in [0.5, 0.6) is 0 Å². The van der Waals surface area contributed by atoms with Crippen molar-refractivity contribution in [3.05, 3.63) is 41.5 Å². The number of aryl methyl sites for hydroxylation is 2. The van der Waals surface area contributed by atoms with E-state index in [1.54, 1.807) is 24.5 Å². The Morgan fingerprint density at radius 3 is 2.71 bits per heavy atom. The predicted octanol–water partition coefficient (Wildman–Crippen LogP) is 3.14. The molecule has 0 aliphatic rings. The van der Waals surface area contributed by atoms with Crippen LogP contribution in [0.4, 0.5) is 0 Å². The molecule has 0 saturated heterocycles. The van der Waals surface area contributed by atoms with Gasteiger partial charge in [-0.2, -0.15) is 0 Å². The molecule has 2 rings (SSSR count). The molecule has 2 aromatic rings. The van der Waals surface area contributed by atoms with E-state index in [0.29, 0.717) is 5.03 Å². The zero-order chi connectivity index (χ0) is 12.4. The second kappa shape index (κ2) is 4.63. The summed E-state index contributed by atoms with van der Waals surface area (Å²) in [5.41, 5.74) is 1.000. The summed E-state index contributed by atoms with van der Waals surface area (Å²) in [5.74, 6) is -0.212. The zero-order valence-corrected chi connectivity index (χ0v) is 10.2. The van der Waals surface area contributed by atoms with Crippen molar-refractivity contribution in [3.63, 3.8) is 0 Å². The lowest BCUT2D eigenvalue weighted by molar-refractivity contribution is 0.0692. The lowest BCUT2D eigenvalue weighted by Gasteiger charge is -2.04. The van der Waals surface area contributed by atoms with E-state index in [4.69, 9.17) is 9.52 Å². The summed E-state index contributed by atoms with van der Waals surface area (Å²) in [5, 5.41) is 9.57. The molecule has 0 aromatic carbocycles. The number of pyridine rings is 1. The Balaban J connectivity index is 2.41. The third-order valence-corrected chi connectivity index (χ3v) is 3.40. The van der Waals surface area contributed by atoms with Crippen molar-refractivity contribution in [2.75, 3.05) is 0 Å². The summed E-state index contributed by atoms with van der Waals surface area (Å²) >= 11 is 1.30. The van der Waals surface area contributed by atoms with Gasteiger partial charge in [-0.1, -0.05) is 11.8 Å². The molecule has 88 valence electrons. The Hall–Kier alpha value is -1.75. The van der Waals surface area contributed by atoms with E-state index >= 15 is 0 Å². The zero-order valence-electron chi connectivity index (χ0n) is 9.43. The first-order valence-electron chi connectivity index (χ1n) is 5.01. The Labute approximate surface area is 103 Å². The topological polar surface area (TPSA) is 63.3 Å². The molecule has 5 heteroatoms. The van der Waals surface area contributed by atoms with Crippen molar-refractivity contribution in [2.45, 2.75) is 23.8 Å². The number of aromatic nitrogens is 1. The summed E-state index contributed by atoms with van der Waals surface area (Å²) in [6.45, 7) is 3.66. The lowest BCUT2D eigenvalue weighted by Crippen LogP contribution is -2.01. The number of hydrogen-bond acceptors (Lipinski definition) is 4. The standard InChI is InChI=1S/C12H11NO3S/c1-7-3-4-9(12(14)15)11(13-7)17-10-5-6-16-8(10)2/h3-6H,1-2H3,(H,14,15). The van der Waals surface area contributed by atoms with Crippen molar-refractivity contribution < 1.29 is 14.3 Å². The van der Waals surface area contributed by atoms with Crippen LogP contribution in [0.1, 0.15) is 21.8 Å². The van der Waals surface area contributed by atoms with Crippen molar-refractivity contribution in [2.24, 2.45) is 0 Å². The summed E-state index contributed by atoms with van der Waals surface area (Å²) in [6, 6.07) is 5.06. The Morgan fingerprint density at radius 2 is 2.12 bits per heavy atom. The number of furan rings is 1. The molecule has 0 radical (unpaired) electrons. The summed E-state index contributed by atoms with van der Waals surface area (Å²) in [4.78, 5) is 16.2. The van der Waals surface area contributed by atoms with E-state index in [1.807, 2.05) is 13.8 Å². The van der Waals surface area contributed by atoms with E-state index in [2.05, 4.69) is 4.98 Å². The van der Waals surface area contributed by atoms with Gasteiger partial charge in [0.05, 0.1) is 16.7 Å². The number of hydrogen-bond donors (Lipinski definition) is 1. The third-order valence-electron chi connectivity index (χ3n) is 2.25. The number of aromatic carboxylic acids is 1. The molecule has 17 heavy (non-hydrogen) atoms. The smallest absolute Gasteiger partial charge is 0.338 e. The largest absolute Gasteiger partial charge is 0.478 e. The molecule has 0 fully saturated rings. The molecule has 4 nitrogen and oxygen atoms in total. The second-order valence-electron chi connectivity index (χ2n) is 3.55. The number of carboxylic acids is 1. The average Bonchev–Trinajstić information content (AvgIpc) is 2.64. The molecular weight excluding hydrogens is 238 g/mol. The molecule has 0 saturated carbocycles. The highest BCUT2D eigenvalue weighted by molar-refractivity contribution is 7.99. The van der Waals surface area contributed by atoms with Gasteiger partial charge in [0.15, 0.2) is 0 Å². The summed E-state index contributed by atoms with van der Waals surface area (Å²) in [7, 11) is 0. The van der Waals surface area contributed by atoms with Crippen LogP contribution in [0, 0.1) is 13.8 Å². The van der Waals surface area contributed by atoms with Crippen molar-refractivity contribution in [1.29, 1.82) is 0 Å². The van der Waals surface area contributed by atoms with Crippen molar-refractivity contribution >= 4 is 17.7 Å². The fraction of sp³-hybridized carbons (Fsp3) is 0.167. The van der Waals surface area contributed by atoms with Crippen LogP contribution in [0.3, 0.4) is 0 Å². The van der Waals surface area contributed by atoms with Gasteiger partial charge in [-0.05, 0) is 32.0 Å². The van der Waals surface area contributed by atoms with Gasteiger partial charge in [0.2, 0.25) is 0 Å². The highest BCUT2D eigenvalue weighted by Gasteiger charge is 2.14. The minimum absolute atomic E-state index is 0.209. The van der Waals surface area contributed by atoms with Crippen LogP contribution in [0.2, 0.25) is 0 Å². The second-order valence-corrected chi connectivity index (χ2v) is 4.58. The molecule has 0 atom stereocenters. The molecule has 2 heterocycles. The molecular formula is C12H11NO3S. The number of rotatable bonds is 3. The first kappa shape index (κ1) is 11.7. The van der Waals surface area contributed by atoms with Gasteiger partial charge in [-0.15, -0.1) is 0 Å². The highest BCUT2D eigenvalue weighted by Crippen LogP contribution is 2.31. The lowest BCUT2D eigenvalue weighted by atomic mass is 10.2. The average molecular weight is 249 g/mol. The van der Waals surface area contributed by atoms with E-state index in [1.165, 1.54) is 11.8 Å². The number of nitrogens with zero attached hydrogens (tertiary/aromatic N) is 1. The molecule has 0 aliphatic heterocycles. The van der Waals surface area contributed by atoms with Gasteiger partial charge in [0.25, 0.3) is 0 Å². The highest BCUT2D eigenvalue weighted by atomic mass is 32.2. The van der Waals surface area contributed by atoms with Crippen LogP contribution in [0.25, 0.3) is 0 Å². The third kappa shape index (κ3) is 2.50. The van der Waals surface area contributed by atoms with E-state index in [0.717, 1.165) is 16.3 Å². The molecule has 0 aliphatic carbocycles. The quantitative estimate of drug-likeness (QED) is 0.905. The van der Waals surface area contributed by atoms with Gasteiger partial charge < -0.3 is 9.52 Å². The van der Waals surface area contributed by atoms with Gasteiger partial charge in [-0.3, -0.25) is 0 Å². The van der Waals surface area contributed by atoms with E-state index in [9.17, 15) is 4.79 Å².